The molecule has 0 saturated heterocycles. The standard InChI is InChI=1S/2C30H37F7O7S2.C12H8Cl3F6NO/c2*1-4-12-38-43-45-40-17-21-8-11-27(42-19(3)22-14-23(29(32,33)34)16-24(15-22)30(35,36)37)28(20-6-9-25(31)10-7-20)26(21)18-41-46-44-39-13-5-2;1-5(23-9(22)10(13,14)15)6-2-7(11(16,17)18)4-8(3-6)12(19,20)21/h2*6-7,9-10,14-16,19,21,26-28H,4-5,8,11-13,17-18H2,1-3H3;2-5,22H,1H3/t19-,21+,26+,27?,28-;19-,21-,26-,27?,28+;5-/m010/s1. The largest absolute Gasteiger partial charge is 0.470 e. The molecule has 0 aromatic heterocycles. The van der Waals surface area contributed by atoms with Crippen molar-refractivity contribution >= 4 is 90.0 Å². The van der Waals surface area contributed by atoms with Gasteiger partial charge in [0.05, 0.1) is 111 Å². The van der Waals surface area contributed by atoms with E-state index in [1.807, 2.05) is 27.7 Å². The maximum absolute atomic E-state index is 13.9. The lowest BCUT2D eigenvalue weighted by molar-refractivity contribution is -0.197. The summed E-state index contributed by atoms with van der Waals surface area (Å²) in [6, 6.07) is 15.1. The molecule has 2 fully saturated rings. The quantitative estimate of drug-likeness (QED) is 0.00580. The summed E-state index contributed by atoms with van der Waals surface area (Å²) in [6.45, 7) is 13.4. The summed E-state index contributed by atoms with van der Waals surface area (Å²) in [6.07, 6.45) is -30.5. The third kappa shape index (κ3) is 34.7. The molecule has 0 heterocycles. The Hall–Kier alpha value is -4.12. The minimum absolute atomic E-state index is 0.0174. The summed E-state index contributed by atoms with van der Waals surface area (Å²) >= 11 is 18.6. The van der Waals surface area contributed by atoms with Crippen LogP contribution in [0, 0.1) is 40.7 Å². The molecule has 650 valence electrons. The molecule has 0 radical (unpaired) electrons. The van der Waals surface area contributed by atoms with Gasteiger partial charge in [0.15, 0.2) is 49.3 Å². The molecule has 2 saturated carbocycles. The summed E-state index contributed by atoms with van der Waals surface area (Å²) in [7, 11) is 0. The SMILES string of the molecule is CCCOOSOC[C@H]1CCC(O[C@@H](C)c2cc(C(F)(F)F)cc(C(F)(F)F)c2)[C@@H](c2ccc(F)cc2)[C@@H]1COSOOCCC.CCCOOSOC[C@H]1CCC(O[C@H](C)c2cc(C(F)(F)F)cc(C(F)(F)F)c2)[C@@H](c2ccc(F)cc2)[C@@H]1COSOOCCC.C[C@H](OC(=N)C(Cl)(Cl)Cl)c1cc(C(F)(F)F)cc(C(F)(F)F)c1. The van der Waals surface area contributed by atoms with Crippen LogP contribution in [0.4, 0.5) is 87.8 Å². The van der Waals surface area contributed by atoms with Crippen LogP contribution in [-0.4, -0.2) is 74.8 Å². The highest BCUT2D eigenvalue weighted by molar-refractivity contribution is 7.90. The van der Waals surface area contributed by atoms with Gasteiger partial charge >= 0.3 is 37.1 Å². The van der Waals surface area contributed by atoms with Crippen molar-refractivity contribution in [2.75, 3.05) is 52.9 Å². The first-order valence-corrected chi connectivity index (χ1v) is 38.9. The summed E-state index contributed by atoms with van der Waals surface area (Å²) in [5.74, 6) is -4.11. The van der Waals surface area contributed by atoms with E-state index >= 15 is 0 Å². The van der Waals surface area contributed by atoms with Crippen LogP contribution in [0.1, 0.15) is 191 Å². The number of hydrogen-bond acceptors (Lipinski definition) is 20. The molecule has 7 rings (SSSR count). The summed E-state index contributed by atoms with van der Waals surface area (Å²) in [5, 5.41) is 7.31. The van der Waals surface area contributed by atoms with Crippen molar-refractivity contribution in [1.82, 2.24) is 0 Å². The summed E-state index contributed by atoms with van der Waals surface area (Å²) < 4.78 is 325. The van der Waals surface area contributed by atoms with Crippen molar-refractivity contribution < 1.29 is 156 Å². The normalized spacial score (nSPS) is 20.1. The molecule has 16 nitrogen and oxygen atoms in total. The monoisotopic (exact) mass is 1810 g/mol. The Morgan fingerprint density at radius 1 is 0.383 bits per heavy atom. The molecule has 115 heavy (non-hydrogen) atoms. The fourth-order valence-electron chi connectivity index (χ4n) is 11.9. The van der Waals surface area contributed by atoms with E-state index in [0.29, 0.717) is 162 Å². The number of nitrogens with one attached hydrogen (secondary N) is 1. The van der Waals surface area contributed by atoms with Crippen molar-refractivity contribution in [3.05, 3.63) is 176 Å². The number of ether oxygens (including phenoxy) is 3. The molecule has 2 unspecified atom stereocenters. The third-order valence-electron chi connectivity index (χ3n) is 17.4. The number of hydrogen-bond donors (Lipinski definition) is 1. The van der Waals surface area contributed by atoms with Gasteiger partial charge in [0.25, 0.3) is 3.79 Å². The van der Waals surface area contributed by atoms with Crippen LogP contribution in [-0.2, 0) is 105 Å². The first-order valence-electron chi connectivity index (χ1n) is 35.1. The molecule has 5 aromatic carbocycles. The number of alkyl halides is 21. The van der Waals surface area contributed by atoms with Crippen LogP contribution in [0.3, 0.4) is 0 Å². The lowest BCUT2D eigenvalue weighted by Crippen LogP contribution is -2.41. The highest BCUT2D eigenvalue weighted by Crippen LogP contribution is 2.50. The Morgan fingerprint density at radius 2 is 0.635 bits per heavy atom. The Labute approximate surface area is 682 Å². The smallest absolute Gasteiger partial charge is 0.416 e. The molecule has 0 spiro atoms. The second-order valence-corrected chi connectivity index (χ2v) is 30.2. The second-order valence-electron chi connectivity index (χ2n) is 25.9. The van der Waals surface area contributed by atoms with Crippen LogP contribution >= 0.6 is 84.1 Å². The molecule has 43 heteroatoms. The van der Waals surface area contributed by atoms with Gasteiger partial charge in [0.1, 0.15) is 17.7 Å². The molecule has 1 N–H and O–H groups in total. The maximum Gasteiger partial charge on any atom is 0.416 e. The van der Waals surface area contributed by atoms with Crippen LogP contribution < -0.4 is 0 Å². The molecular weight excluding hydrogens is 1730 g/mol. The molecule has 0 bridgehead atoms. The zero-order valence-corrected chi connectivity index (χ0v) is 67.5. The van der Waals surface area contributed by atoms with Gasteiger partial charge in [0, 0.05) is 11.8 Å². The van der Waals surface area contributed by atoms with Crippen molar-refractivity contribution in [3.8, 4) is 0 Å². The predicted molar refractivity (Wildman–Crippen MR) is 388 cm³/mol. The molecular formula is C72H82Cl3F20NO15S4. The van der Waals surface area contributed by atoms with Crippen LogP contribution in [0.5, 0.6) is 0 Å². The molecule has 2 aliphatic carbocycles. The van der Waals surface area contributed by atoms with E-state index < -0.39 is 140 Å². The molecule has 0 amide bonds. The Bertz CT molecular complexity index is 3400. The van der Waals surface area contributed by atoms with Gasteiger partial charge in [-0.05, 0) is 202 Å². The van der Waals surface area contributed by atoms with Crippen molar-refractivity contribution in [2.24, 2.45) is 23.7 Å². The number of rotatable bonds is 38. The van der Waals surface area contributed by atoms with E-state index in [1.165, 1.54) is 38.1 Å². The first-order chi connectivity index (χ1) is 53.8. The van der Waals surface area contributed by atoms with E-state index in [0.717, 1.165) is 19.8 Å². The van der Waals surface area contributed by atoms with Crippen LogP contribution in [0.15, 0.2) is 103 Å². The third-order valence-corrected chi connectivity index (χ3v) is 19.4. The van der Waals surface area contributed by atoms with Gasteiger partial charge in [-0.15, -0.1) is 17.3 Å². The number of halogens is 23. The van der Waals surface area contributed by atoms with E-state index in [1.54, 1.807) is 24.3 Å². The van der Waals surface area contributed by atoms with Gasteiger partial charge in [-0.3, -0.25) is 22.1 Å². The van der Waals surface area contributed by atoms with Gasteiger partial charge in [-0.1, -0.05) is 86.8 Å². The summed E-state index contributed by atoms with van der Waals surface area (Å²) in [5.41, 5.74) is -8.48. The molecule has 11 atom stereocenters. The average Bonchev–Trinajstić information content (AvgIpc) is 0.807. The summed E-state index contributed by atoms with van der Waals surface area (Å²) in [4.78, 5) is 19.9. The van der Waals surface area contributed by atoms with Crippen LogP contribution in [0.25, 0.3) is 0 Å². The van der Waals surface area contributed by atoms with Crippen LogP contribution in [0.2, 0.25) is 0 Å². The number of benzene rings is 5. The minimum Gasteiger partial charge on any atom is -0.470 e. The van der Waals surface area contributed by atoms with Gasteiger partial charge < -0.3 is 14.2 Å². The second kappa shape index (κ2) is 47.9. The average molecular weight is 1820 g/mol. The lowest BCUT2D eigenvalue weighted by Gasteiger charge is -2.43. The zero-order valence-electron chi connectivity index (χ0n) is 61.9. The highest BCUT2D eigenvalue weighted by Gasteiger charge is 2.47. The van der Waals surface area contributed by atoms with E-state index in [2.05, 4.69) is 0 Å². The zero-order chi connectivity index (χ0) is 85.7. The first kappa shape index (κ1) is 101. The molecule has 0 aliphatic heterocycles. The Morgan fingerprint density at radius 3 is 0.878 bits per heavy atom. The van der Waals surface area contributed by atoms with Gasteiger partial charge in [0.2, 0.25) is 5.90 Å². The van der Waals surface area contributed by atoms with Crippen molar-refractivity contribution in [2.45, 2.75) is 183 Å². The Balaban J connectivity index is 0.000000326. The van der Waals surface area contributed by atoms with Crippen molar-refractivity contribution in [1.29, 1.82) is 5.41 Å². The van der Waals surface area contributed by atoms with Gasteiger partial charge in [-0.25, -0.2) is 28.3 Å². The van der Waals surface area contributed by atoms with Gasteiger partial charge in [-0.2, -0.15) is 79.0 Å². The maximum atomic E-state index is 13.9. The van der Waals surface area contributed by atoms with E-state index in [-0.39, 0.29) is 79.4 Å². The molecule has 2 aliphatic rings. The fourth-order valence-corrected chi connectivity index (χ4v) is 13.5. The predicted octanol–water partition coefficient (Wildman–Crippen LogP) is 26.1. The van der Waals surface area contributed by atoms with E-state index in [4.69, 9.17) is 108 Å². The molecule has 5 aromatic rings. The van der Waals surface area contributed by atoms with E-state index in [9.17, 15) is 87.8 Å². The topological polar surface area (TPSA) is 162 Å². The van der Waals surface area contributed by atoms with Crippen molar-refractivity contribution in [3.63, 3.8) is 0 Å². The highest BCUT2D eigenvalue weighted by atomic mass is 35.6. The Kier molecular flexibility index (Phi) is 42.3. The minimum atomic E-state index is -5.00. The lowest BCUT2D eigenvalue weighted by atomic mass is 9.68. The fraction of sp³-hybridized carbons (Fsp3) is 0.569.